The molecule has 1 amide bonds. The summed E-state index contributed by atoms with van der Waals surface area (Å²) in [7, 11) is 1.71. The first-order chi connectivity index (χ1) is 19.2. The number of unbranched alkanes of at least 4 members (excludes halogenated alkanes) is 1. The van der Waals surface area contributed by atoms with E-state index in [4.69, 9.17) is 9.47 Å². The molecular weight excluding hydrogens is 490 g/mol. The molecule has 8 heteroatoms. The average Bonchev–Trinajstić information content (AvgIpc) is 3.38. The summed E-state index contributed by atoms with van der Waals surface area (Å²) in [6.45, 7) is 9.20. The molecule has 2 aliphatic rings. The number of nitrogens with one attached hydrogen (secondary N) is 2. The van der Waals surface area contributed by atoms with Crippen LogP contribution in [0.1, 0.15) is 37.7 Å². The number of hydrogen-bond acceptors (Lipinski definition) is 6. The van der Waals surface area contributed by atoms with Gasteiger partial charge in [0.2, 0.25) is 0 Å². The second-order valence-electron chi connectivity index (χ2n) is 10.7. The molecule has 0 saturated carbocycles. The summed E-state index contributed by atoms with van der Waals surface area (Å²) in [5.41, 5.74) is 3.64. The highest BCUT2D eigenvalue weighted by atomic mass is 16.6. The van der Waals surface area contributed by atoms with Crippen LogP contribution in [0, 0.1) is 0 Å². The summed E-state index contributed by atoms with van der Waals surface area (Å²) in [5.74, 6) is 1.49. The molecule has 39 heavy (non-hydrogen) atoms. The summed E-state index contributed by atoms with van der Waals surface area (Å²) in [4.78, 5) is 23.1. The van der Waals surface area contributed by atoms with Gasteiger partial charge in [-0.2, -0.15) is 0 Å². The van der Waals surface area contributed by atoms with Crippen molar-refractivity contribution in [1.82, 2.24) is 20.1 Å². The lowest BCUT2D eigenvalue weighted by Crippen LogP contribution is -2.46. The standard InChI is InChI=1S/C31H43N5O3/c1-38-27-10-8-26(9-11-27)36-21-19-35(20-22-36)17-6-3-7-25-24-33-30-13-12-28(23-29(25)30)39-31(37)32-14-18-34-15-4-2-5-16-34/h8-13,23-24,33H,2-7,14-22H2,1H3,(H,32,37). The van der Waals surface area contributed by atoms with Crippen molar-refractivity contribution in [3.8, 4) is 11.5 Å². The molecule has 2 N–H and O–H groups in total. The first kappa shape index (κ1) is 27.3. The van der Waals surface area contributed by atoms with Crippen LogP contribution in [0.25, 0.3) is 10.9 Å². The van der Waals surface area contributed by atoms with Gasteiger partial charge in [0, 0.05) is 62.1 Å². The molecule has 3 heterocycles. The maximum atomic E-state index is 12.3. The van der Waals surface area contributed by atoms with E-state index in [9.17, 15) is 4.79 Å². The molecule has 0 bridgehead atoms. The fourth-order valence-corrected chi connectivity index (χ4v) is 5.74. The maximum Gasteiger partial charge on any atom is 0.412 e. The van der Waals surface area contributed by atoms with Crippen molar-refractivity contribution in [3.63, 3.8) is 0 Å². The Bertz CT molecular complexity index is 1180. The van der Waals surface area contributed by atoms with Gasteiger partial charge in [-0.1, -0.05) is 6.42 Å². The van der Waals surface area contributed by atoms with Crippen LogP contribution in [0.2, 0.25) is 0 Å². The topological polar surface area (TPSA) is 73.1 Å². The molecular formula is C31H43N5O3. The molecule has 0 aliphatic carbocycles. The number of carbonyl (C=O) groups is 1. The number of nitrogens with zero attached hydrogens (tertiary/aromatic N) is 3. The number of fused-ring (bicyclic) bond motifs is 1. The Morgan fingerprint density at radius 1 is 0.872 bits per heavy atom. The lowest BCUT2D eigenvalue weighted by atomic mass is 10.1. The lowest BCUT2D eigenvalue weighted by Gasteiger charge is -2.36. The van der Waals surface area contributed by atoms with Gasteiger partial charge in [-0.3, -0.25) is 4.90 Å². The zero-order valence-electron chi connectivity index (χ0n) is 23.3. The highest BCUT2D eigenvalue weighted by Crippen LogP contribution is 2.25. The van der Waals surface area contributed by atoms with Crippen molar-refractivity contribution in [2.24, 2.45) is 0 Å². The Morgan fingerprint density at radius 3 is 2.38 bits per heavy atom. The third-order valence-electron chi connectivity index (χ3n) is 8.08. The van der Waals surface area contributed by atoms with E-state index in [0.29, 0.717) is 12.3 Å². The number of hydrogen-bond donors (Lipinski definition) is 2. The van der Waals surface area contributed by atoms with Crippen molar-refractivity contribution in [3.05, 3.63) is 54.2 Å². The van der Waals surface area contributed by atoms with Gasteiger partial charge in [-0.15, -0.1) is 0 Å². The van der Waals surface area contributed by atoms with Crippen LogP contribution in [0.4, 0.5) is 10.5 Å². The van der Waals surface area contributed by atoms with Crippen LogP contribution in [0.3, 0.4) is 0 Å². The number of piperidine rings is 1. The van der Waals surface area contributed by atoms with Crippen molar-refractivity contribution >= 4 is 22.7 Å². The third-order valence-corrected chi connectivity index (χ3v) is 8.08. The Kier molecular flexibility index (Phi) is 9.61. The van der Waals surface area contributed by atoms with E-state index in [1.54, 1.807) is 7.11 Å². The molecule has 2 aliphatic heterocycles. The third kappa shape index (κ3) is 7.67. The Morgan fingerprint density at radius 2 is 1.62 bits per heavy atom. The summed E-state index contributed by atoms with van der Waals surface area (Å²) in [5, 5.41) is 4.04. The predicted octanol–water partition coefficient (Wildman–Crippen LogP) is 4.90. The molecule has 2 fully saturated rings. The molecule has 1 aromatic heterocycles. The fraction of sp³-hybridized carbons (Fsp3) is 0.516. The fourth-order valence-electron chi connectivity index (χ4n) is 5.74. The number of rotatable bonds is 11. The number of benzene rings is 2. The number of carbonyl (C=O) groups excluding carboxylic acids is 1. The number of likely N-dealkylation sites (tertiary alicyclic amines) is 1. The maximum absolute atomic E-state index is 12.3. The normalized spacial score (nSPS) is 16.9. The van der Waals surface area contributed by atoms with E-state index in [2.05, 4.69) is 43.3 Å². The van der Waals surface area contributed by atoms with E-state index in [-0.39, 0.29) is 6.09 Å². The first-order valence-electron chi connectivity index (χ1n) is 14.6. The monoisotopic (exact) mass is 533 g/mol. The van der Waals surface area contributed by atoms with Gasteiger partial charge in [0.1, 0.15) is 11.5 Å². The molecule has 0 atom stereocenters. The van der Waals surface area contributed by atoms with Crippen LogP contribution in [-0.4, -0.2) is 86.9 Å². The van der Waals surface area contributed by atoms with Gasteiger partial charge in [-0.25, -0.2) is 4.79 Å². The smallest absolute Gasteiger partial charge is 0.412 e. The first-order valence-corrected chi connectivity index (χ1v) is 14.6. The van der Waals surface area contributed by atoms with Gasteiger partial charge >= 0.3 is 6.09 Å². The molecule has 210 valence electrons. The van der Waals surface area contributed by atoms with E-state index in [1.807, 2.05) is 30.3 Å². The quantitative estimate of drug-likeness (QED) is 0.342. The van der Waals surface area contributed by atoms with Gasteiger partial charge in [0.15, 0.2) is 0 Å². The summed E-state index contributed by atoms with van der Waals surface area (Å²) in [6.07, 6.45) is 8.86. The minimum absolute atomic E-state index is 0.379. The Balaban J connectivity index is 1.02. The van der Waals surface area contributed by atoms with Crippen LogP contribution in [-0.2, 0) is 6.42 Å². The van der Waals surface area contributed by atoms with Gasteiger partial charge in [0.05, 0.1) is 7.11 Å². The number of H-pyrrole nitrogens is 1. The molecule has 2 aromatic carbocycles. The Labute approximate surface area is 232 Å². The molecule has 2 saturated heterocycles. The van der Waals surface area contributed by atoms with Crippen LogP contribution < -0.4 is 19.7 Å². The summed E-state index contributed by atoms with van der Waals surface area (Å²) in [6, 6.07) is 14.2. The van der Waals surface area contributed by atoms with Crippen molar-refractivity contribution in [1.29, 1.82) is 0 Å². The zero-order chi connectivity index (χ0) is 26.9. The second kappa shape index (κ2) is 13.7. The van der Waals surface area contributed by atoms with E-state index < -0.39 is 0 Å². The van der Waals surface area contributed by atoms with Crippen molar-refractivity contribution in [2.75, 3.05) is 70.9 Å². The minimum Gasteiger partial charge on any atom is -0.497 e. The zero-order valence-corrected chi connectivity index (χ0v) is 23.3. The Hall–Kier alpha value is -3.23. The highest BCUT2D eigenvalue weighted by Gasteiger charge is 2.17. The number of piperazine rings is 1. The SMILES string of the molecule is COc1ccc(N2CCN(CCCCc3c[nH]c4ccc(OC(=O)NCCN5CCCCC5)cc34)CC2)cc1. The molecule has 3 aromatic rings. The van der Waals surface area contributed by atoms with Crippen LogP contribution >= 0.6 is 0 Å². The number of amides is 1. The largest absolute Gasteiger partial charge is 0.497 e. The second-order valence-corrected chi connectivity index (χ2v) is 10.7. The molecule has 0 radical (unpaired) electrons. The van der Waals surface area contributed by atoms with E-state index >= 15 is 0 Å². The number of aryl methyl sites for hydroxylation is 1. The average molecular weight is 534 g/mol. The van der Waals surface area contributed by atoms with Gasteiger partial charge < -0.3 is 29.6 Å². The number of ether oxygens (including phenoxy) is 2. The minimum atomic E-state index is -0.379. The van der Waals surface area contributed by atoms with Crippen LogP contribution in [0.15, 0.2) is 48.7 Å². The molecule has 0 unspecified atom stereocenters. The van der Waals surface area contributed by atoms with Gasteiger partial charge in [0.25, 0.3) is 0 Å². The lowest BCUT2D eigenvalue weighted by molar-refractivity contribution is 0.193. The highest BCUT2D eigenvalue weighted by molar-refractivity contribution is 5.85. The number of anilines is 1. The molecule has 5 rings (SSSR count). The predicted molar refractivity (Wildman–Crippen MR) is 157 cm³/mol. The number of aromatic nitrogens is 1. The van der Waals surface area contributed by atoms with Gasteiger partial charge in [-0.05, 0) is 99.8 Å². The van der Waals surface area contributed by atoms with Crippen LogP contribution in [0.5, 0.6) is 11.5 Å². The van der Waals surface area contributed by atoms with E-state index in [1.165, 1.54) is 36.9 Å². The van der Waals surface area contributed by atoms with Crippen molar-refractivity contribution in [2.45, 2.75) is 38.5 Å². The summed E-state index contributed by atoms with van der Waals surface area (Å²) >= 11 is 0. The number of methoxy groups -OCH3 is 1. The number of aromatic amines is 1. The molecule has 0 spiro atoms. The van der Waals surface area contributed by atoms with Crippen molar-refractivity contribution < 1.29 is 14.3 Å². The molecule has 8 nitrogen and oxygen atoms in total. The summed E-state index contributed by atoms with van der Waals surface area (Å²) < 4.78 is 10.9. The van der Waals surface area contributed by atoms with E-state index in [0.717, 1.165) is 81.9 Å².